The van der Waals surface area contributed by atoms with Gasteiger partial charge in [-0.25, -0.2) is 4.98 Å². The second-order valence-corrected chi connectivity index (χ2v) is 5.69. The minimum absolute atomic E-state index is 0.0783. The molecule has 2 heterocycles. The number of aryl methyl sites for hydroxylation is 1. The van der Waals surface area contributed by atoms with E-state index in [1.807, 2.05) is 19.1 Å². The van der Waals surface area contributed by atoms with Crippen LogP contribution in [-0.4, -0.2) is 16.5 Å². The summed E-state index contributed by atoms with van der Waals surface area (Å²) >= 11 is 0. The van der Waals surface area contributed by atoms with Gasteiger partial charge in [0.15, 0.2) is 11.2 Å². The van der Waals surface area contributed by atoms with Crippen molar-refractivity contribution in [3.05, 3.63) is 23.7 Å². The molecule has 0 unspecified atom stereocenters. The first-order valence-electron chi connectivity index (χ1n) is 7.18. The Morgan fingerprint density at radius 2 is 1.89 bits per heavy atom. The molecule has 2 N–H and O–H groups in total. The highest BCUT2D eigenvalue weighted by atomic mass is 16.3. The van der Waals surface area contributed by atoms with E-state index in [4.69, 9.17) is 10.2 Å². The molecule has 1 saturated carbocycles. The average Bonchev–Trinajstić information content (AvgIpc) is 2.69. The van der Waals surface area contributed by atoms with Crippen molar-refractivity contribution in [3.8, 4) is 0 Å². The number of hydrogen-bond donors (Lipinski definition) is 1. The van der Waals surface area contributed by atoms with E-state index < -0.39 is 0 Å². The third-order valence-corrected chi connectivity index (χ3v) is 4.30. The van der Waals surface area contributed by atoms with Gasteiger partial charge in [-0.15, -0.1) is 0 Å². The molecule has 1 fully saturated rings. The lowest BCUT2D eigenvalue weighted by Gasteiger charge is -2.27. The van der Waals surface area contributed by atoms with Gasteiger partial charge in [-0.05, 0) is 31.9 Å². The SMILES string of the molecule is Cc1ccc2oc(C3(CN)CCCCCC3)nc2n1. The van der Waals surface area contributed by atoms with E-state index in [0.29, 0.717) is 12.2 Å². The van der Waals surface area contributed by atoms with Gasteiger partial charge in [-0.3, -0.25) is 0 Å². The molecule has 4 nitrogen and oxygen atoms in total. The summed E-state index contributed by atoms with van der Waals surface area (Å²) in [6.07, 6.45) is 7.16. The van der Waals surface area contributed by atoms with Crippen molar-refractivity contribution in [1.82, 2.24) is 9.97 Å². The van der Waals surface area contributed by atoms with Gasteiger partial charge >= 0.3 is 0 Å². The van der Waals surface area contributed by atoms with E-state index >= 15 is 0 Å². The standard InChI is InChI=1S/C15H21N3O/c1-11-6-7-12-13(17-11)18-14(19-12)15(10-16)8-4-2-3-5-9-15/h6-7H,2-5,8-10,16H2,1H3. The maximum atomic E-state index is 6.07. The monoisotopic (exact) mass is 259 g/mol. The van der Waals surface area contributed by atoms with Crippen molar-refractivity contribution in [3.63, 3.8) is 0 Å². The zero-order valence-electron chi connectivity index (χ0n) is 11.5. The maximum Gasteiger partial charge on any atom is 0.204 e. The molecule has 3 rings (SSSR count). The molecule has 0 atom stereocenters. The van der Waals surface area contributed by atoms with E-state index in [2.05, 4.69) is 9.97 Å². The largest absolute Gasteiger partial charge is 0.438 e. The molecule has 0 aliphatic heterocycles. The van der Waals surface area contributed by atoms with E-state index in [-0.39, 0.29) is 5.41 Å². The van der Waals surface area contributed by atoms with Crippen molar-refractivity contribution in [1.29, 1.82) is 0 Å². The van der Waals surface area contributed by atoms with Crippen LogP contribution in [0, 0.1) is 6.92 Å². The second-order valence-electron chi connectivity index (χ2n) is 5.69. The number of aromatic nitrogens is 2. The predicted molar refractivity (Wildman–Crippen MR) is 75.0 cm³/mol. The fourth-order valence-corrected chi connectivity index (χ4v) is 3.05. The van der Waals surface area contributed by atoms with Gasteiger partial charge in [0, 0.05) is 12.2 Å². The highest BCUT2D eigenvalue weighted by molar-refractivity contribution is 5.67. The van der Waals surface area contributed by atoms with E-state index in [0.717, 1.165) is 30.0 Å². The van der Waals surface area contributed by atoms with Crippen LogP contribution in [0.1, 0.15) is 50.1 Å². The van der Waals surface area contributed by atoms with E-state index in [1.54, 1.807) is 0 Å². The maximum absolute atomic E-state index is 6.07. The lowest BCUT2D eigenvalue weighted by Crippen LogP contribution is -2.35. The summed E-state index contributed by atoms with van der Waals surface area (Å²) in [6, 6.07) is 3.91. The highest BCUT2D eigenvalue weighted by Crippen LogP contribution is 2.38. The minimum Gasteiger partial charge on any atom is -0.438 e. The van der Waals surface area contributed by atoms with Crippen LogP contribution < -0.4 is 5.73 Å². The molecule has 0 bridgehead atoms. The molecule has 0 aromatic carbocycles. The van der Waals surface area contributed by atoms with Crippen molar-refractivity contribution in [2.24, 2.45) is 5.73 Å². The van der Waals surface area contributed by atoms with Gasteiger partial charge in [-0.1, -0.05) is 25.7 Å². The molecule has 2 aromatic rings. The number of oxazole rings is 1. The summed E-state index contributed by atoms with van der Waals surface area (Å²) < 4.78 is 5.96. The average molecular weight is 259 g/mol. The van der Waals surface area contributed by atoms with Crippen molar-refractivity contribution < 1.29 is 4.42 Å². The van der Waals surface area contributed by atoms with Gasteiger partial charge in [0.05, 0.1) is 5.41 Å². The van der Waals surface area contributed by atoms with Gasteiger partial charge in [-0.2, -0.15) is 4.98 Å². The minimum atomic E-state index is -0.0783. The fraction of sp³-hybridized carbons (Fsp3) is 0.600. The normalized spacial score (nSPS) is 19.5. The first-order chi connectivity index (χ1) is 9.23. The van der Waals surface area contributed by atoms with Gasteiger partial charge < -0.3 is 10.2 Å². The summed E-state index contributed by atoms with van der Waals surface area (Å²) in [5.74, 6) is 0.796. The molecule has 0 saturated heterocycles. The van der Waals surface area contributed by atoms with Crippen molar-refractivity contribution >= 4 is 11.2 Å². The lowest BCUT2D eigenvalue weighted by molar-refractivity contribution is 0.300. The third-order valence-electron chi connectivity index (χ3n) is 4.30. The summed E-state index contributed by atoms with van der Waals surface area (Å²) in [5.41, 5.74) is 8.45. The summed E-state index contributed by atoms with van der Waals surface area (Å²) in [4.78, 5) is 9.06. The Bertz CT molecular complexity index is 568. The Kier molecular flexibility index (Phi) is 3.27. The predicted octanol–water partition coefficient (Wildman–Crippen LogP) is 3.08. The molecule has 0 radical (unpaired) electrons. The Balaban J connectivity index is 2.04. The summed E-state index contributed by atoms with van der Waals surface area (Å²) in [6.45, 7) is 2.58. The number of fused-ring (bicyclic) bond motifs is 1. The third kappa shape index (κ3) is 2.25. The van der Waals surface area contributed by atoms with E-state index in [9.17, 15) is 0 Å². The Morgan fingerprint density at radius 3 is 2.58 bits per heavy atom. The first-order valence-corrected chi connectivity index (χ1v) is 7.18. The number of nitrogens with zero attached hydrogens (tertiary/aromatic N) is 2. The molecular formula is C15H21N3O. The molecular weight excluding hydrogens is 238 g/mol. The molecule has 0 amide bonds. The zero-order valence-corrected chi connectivity index (χ0v) is 11.5. The second kappa shape index (κ2) is 4.93. The Labute approximate surface area is 113 Å². The van der Waals surface area contributed by atoms with Gasteiger partial charge in [0.2, 0.25) is 5.89 Å². The Hall–Kier alpha value is -1.42. The van der Waals surface area contributed by atoms with Gasteiger partial charge in [0.1, 0.15) is 0 Å². The van der Waals surface area contributed by atoms with Crippen LogP contribution in [0.4, 0.5) is 0 Å². The highest BCUT2D eigenvalue weighted by Gasteiger charge is 2.36. The van der Waals surface area contributed by atoms with Crippen molar-refractivity contribution in [2.75, 3.05) is 6.54 Å². The van der Waals surface area contributed by atoms with E-state index in [1.165, 1.54) is 25.7 Å². The molecule has 102 valence electrons. The zero-order chi connectivity index (χ0) is 13.3. The van der Waals surface area contributed by atoms with Crippen LogP contribution in [0.2, 0.25) is 0 Å². The van der Waals surface area contributed by atoms with Gasteiger partial charge in [0.25, 0.3) is 0 Å². The van der Waals surface area contributed by atoms with Crippen LogP contribution in [0.3, 0.4) is 0 Å². The first kappa shape index (κ1) is 12.6. The van der Waals surface area contributed by atoms with Crippen LogP contribution in [0.5, 0.6) is 0 Å². The number of nitrogens with two attached hydrogens (primary N) is 1. The van der Waals surface area contributed by atoms with Crippen LogP contribution >= 0.6 is 0 Å². The summed E-state index contributed by atoms with van der Waals surface area (Å²) in [7, 11) is 0. The number of rotatable bonds is 2. The molecule has 19 heavy (non-hydrogen) atoms. The molecule has 2 aromatic heterocycles. The van der Waals surface area contributed by atoms with Crippen LogP contribution in [-0.2, 0) is 5.41 Å². The quantitative estimate of drug-likeness (QED) is 0.842. The Morgan fingerprint density at radius 1 is 1.16 bits per heavy atom. The number of pyridine rings is 1. The van der Waals surface area contributed by atoms with Crippen molar-refractivity contribution in [2.45, 2.75) is 50.9 Å². The topological polar surface area (TPSA) is 64.9 Å². The smallest absolute Gasteiger partial charge is 0.204 e. The molecule has 4 heteroatoms. The molecule has 0 spiro atoms. The lowest BCUT2D eigenvalue weighted by atomic mass is 9.80. The molecule has 1 aliphatic rings. The number of hydrogen-bond acceptors (Lipinski definition) is 4. The van der Waals surface area contributed by atoms with Crippen LogP contribution in [0.25, 0.3) is 11.2 Å². The fourth-order valence-electron chi connectivity index (χ4n) is 3.05. The molecule has 1 aliphatic carbocycles. The van der Waals surface area contributed by atoms with Crippen LogP contribution in [0.15, 0.2) is 16.5 Å². The summed E-state index contributed by atoms with van der Waals surface area (Å²) in [5, 5.41) is 0.